The van der Waals surface area contributed by atoms with E-state index in [1.807, 2.05) is 18.2 Å². The Morgan fingerprint density at radius 3 is 2.29 bits per heavy atom. The number of hydrogen-bond acceptors (Lipinski definition) is 2. The zero-order chi connectivity index (χ0) is 12.7. The molecule has 0 radical (unpaired) electrons. The number of rotatable bonds is 7. The monoisotopic (exact) mass is 235 g/mol. The first-order chi connectivity index (χ1) is 8.22. The summed E-state index contributed by atoms with van der Waals surface area (Å²) in [7, 11) is 0. The molecule has 0 heterocycles. The molecular formula is C15H25NO. The zero-order valence-corrected chi connectivity index (χ0v) is 11.3. The number of ether oxygens (including phenoxy) is 1. The number of benzene rings is 1. The van der Waals surface area contributed by atoms with Gasteiger partial charge in [0.15, 0.2) is 0 Å². The average Bonchev–Trinajstić information content (AvgIpc) is 2.39. The normalized spacial score (nSPS) is 12.8. The molecule has 2 heteroatoms. The van der Waals surface area contributed by atoms with Gasteiger partial charge in [-0.15, -0.1) is 0 Å². The average molecular weight is 235 g/mol. The van der Waals surface area contributed by atoms with Crippen molar-refractivity contribution in [2.75, 3.05) is 6.61 Å². The first-order valence-corrected chi connectivity index (χ1v) is 6.70. The Kier molecular flexibility index (Phi) is 6.06. The topological polar surface area (TPSA) is 35.2 Å². The van der Waals surface area contributed by atoms with Gasteiger partial charge in [-0.05, 0) is 18.4 Å². The summed E-state index contributed by atoms with van der Waals surface area (Å²) in [5, 5.41) is 0. The summed E-state index contributed by atoms with van der Waals surface area (Å²) >= 11 is 0. The fourth-order valence-electron chi connectivity index (χ4n) is 1.87. The van der Waals surface area contributed by atoms with Crippen molar-refractivity contribution in [2.24, 2.45) is 11.7 Å². The van der Waals surface area contributed by atoms with Gasteiger partial charge in [-0.1, -0.05) is 51.8 Å². The lowest BCUT2D eigenvalue weighted by Gasteiger charge is -2.18. The highest BCUT2D eigenvalue weighted by molar-refractivity contribution is 5.35. The van der Waals surface area contributed by atoms with E-state index in [-0.39, 0.29) is 6.04 Å². The van der Waals surface area contributed by atoms with Crippen molar-refractivity contribution in [1.82, 2.24) is 0 Å². The fraction of sp³-hybridized carbons (Fsp3) is 0.600. The van der Waals surface area contributed by atoms with E-state index >= 15 is 0 Å². The van der Waals surface area contributed by atoms with Crippen LogP contribution in [0.2, 0.25) is 0 Å². The van der Waals surface area contributed by atoms with Crippen molar-refractivity contribution < 1.29 is 4.74 Å². The molecule has 0 fully saturated rings. The van der Waals surface area contributed by atoms with Crippen molar-refractivity contribution in [3.05, 3.63) is 29.8 Å². The van der Waals surface area contributed by atoms with Crippen molar-refractivity contribution in [1.29, 1.82) is 0 Å². The van der Waals surface area contributed by atoms with Crippen LogP contribution in [0.4, 0.5) is 0 Å². The second-order valence-corrected chi connectivity index (χ2v) is 4.55. The minimum Gasteiger partial charge on any atom is -0.493 e. The molecule has 1 aromatic rings. The SMILES string of the molecule is CCC(CC)COc1ccccc1C(N)CC. The lowest BCUT2D eigenvalue weighted by molar-refractivity contribution is 0.237. The van der Waals surface area contributed by atoms with E-state index in [2.05, 4.69) is 26.8 Å². The highest BCUT2D eigenvalue weighted by Gasteiger charge is 2.11. The zero-order valence-electron chi connectivity index (χ0n) is 11.3. The number of para-hydroxylation sites is 1. The van der Waals surface area contributed by atoms with Crippen LogP contribution in [0, 0.1) is 5.92 Å². The van der Waals surface area contributed by atoms with Gasteiger partial charge in [0, 0.05) is 11.6 Å². The Morgan fingerprint density at radius 2 is 1.71 bits per heavy atom. The largest absolute Gasteiger partial charge is 0.493 e. The predicted molar refractivity (Wildman–Crippen MR) is 73.2 cm³/mol. The van der Waals surface area contributed by atoms with Gasteiger partial charge in [0.1, 0.15) is 5.75 Å². The fourth-order valence-corrected chi connectivity index (χ4v) is 1.87. The summed E-state index contributed by atoms with van der Waals surface area (Å²) < 4.78 is 5.92. The van der Waals surface area contributed by atoms with Crippen molar-refractivity contribution in [3.8, 4) is 5.75 Å². The standard InChI is InChI=1S/C15H25NO/c1-4-12(5-2)11-17-15-10-8-7-9-13(15)14(16)6-3/h7-10,12,14H,4-6,11,16H2,1-3H3. The molecule has 0 aromatic heterocycles. The van der Waals surface area contributed by atoms with Gasteiger partial charge in [0.05, 0.1) is 6.61 Å². The van der Waals surface area contributed by atoms with E-state index in [9.17, 15) is 0 Å². The lowest BCUT2D eigenvalue weighted by atomic mass is 10.0. The van der Waals surface area contributed by atoms with Gasteiger partial charge in [-0.3, -0.25) is 0 Å². The summed E-state index contributed by atoms with van der Waals surface area (Å²) in [5.74, 6) is 1.59. The maximum Gasteiger partial charge on any atom is 0.124 e. The molecule has 0 saturated heterocycles. The van der Waals surface area contributed by atoms with Gasteiger partial charge in [-0.25, -0.2) is 0 Å². The molecule has 0 aliphatic heterocycles. The molecule has 2 nitrogen and oxygen atoms in total. The van der Waals surface area contributed by atoms with Crippen LogP contribution >= 0.6 is 0 Å². The Labute approximate surface area is 105 Å². The maximum atomic E-state index is 6.09. The summed E-state index contributed by atoms with van der Waals surface area (Å²) in [6, 6.07) is 8.19. The summed E-state index contributed by atoms with van der Waals surface area (Å²) in [6.45, 7) is 7.31. The number of hydrogen-bond donors (Lipinski definition) is 1. The third-order valence-electron chi connectivity index (χ3n) is 3.39. The molecule has 96 valence electrons. The van der Waals surface area contributed by atoms with Crippen LogP contribution < -0.4 is 10.5 Å². The minimum absolute atomic E-state index is 0.0768. The minimum atomic E-state index is 0.0768. The molecule has 1 unspecified atom stereocenters. The first-order valence-electron chi connectivity index (χ1n) is 6.70. The Morgan fingerprint density at radius 1 is 1.06 bits per heavy atom. The van der Waals surface area contributed by atoms with Gasteiger partial charge in [0.2, 0.25) is 0 Å². The third kappa shape index (κ3) is 4.04. The van der Waals surface area contributed by atoms with Crippen molar-refractivity contribution >= 4 is 0 Å². The number of nitrogens with two attached hydrogens (primary N) is 1. The Bertz CT molecular complexity index is 320. The van der Waals surface area contributed by atoms with Crippen molar-refractivity contribution in [2.45, 2.75) is 46.1 Å². The third-order valence-corrected chi connectivity index (χ3v) is 3.39. The molecule has 0 spiro atoms. The summed E-state index contributed by atoms with van der Waals surface area (Å²) in [6.07, 6.45) is 3.27. The lowest BCUT2D eigenvalue weighted by Crippen LogP contribution is -2.14. The molecule has 0 aliphatic carbocycles. The van der Waals surface area contributed by atoms with E-state index in [0.717, 1.165) is 24.3 Å². The Balaban J connectivity index is 2.70. The van der Waals surface area contributed by atoms with Crippen LogP contribution in [0.5, 0.6) is 5.75 Å². The van der Waals surface area contributed by atoms with Gasteiger partial charge in [-0.2, -0.15) is 0 Å². The smallest absolute Gasteiger partial charge is 0.124 e. The van der Waals surface area contributed by atoms with Crippen LogP contribution in [-0.2, 0) is 0 Å². The van der Waals surface area contributed by atoms with Crippen LogP contribution in [0.15, 0.2) is 24.3 Å². The van der Waals surface area contributed by atoms with Gasteiger partial charge >= 0.3 is 0 Å². The molecule has 17 heavy (non-hydrogen) atoms. The molecule has 0 saturated carbocycles. The second-order valence-electron chi connectivity index (χ2n) is 4.55. The molecule has 2 N–H and O–H groups in total. The first kappa shape index (κ1) is 14.0. The van der Waals surface area contributed by atoms with Crippen LogP contribution in [-0.4, -0.2) is 6.61 Å². The highest BCUT2D eigenvalue weighted by Crippen LogP contribution is 2.26. The van der Waals surface area contributed by atoms with E-state index in [0.29, 0.717) is 5.92 Å². The summed E-state index contributed by atoms with van der Waals surface area (Å²) in [4.78, 5) is 0. The van der Waals surface area contributed by atoms with Crippen LogP contribution in [0.1, 0.15) is 51.6 Å². The quantitative estimate of drug-likeness (QED) is 0.777. The van der Waals surface area contributed by atoms with E-state index in [1.165, 1.54) is 12.8 Å². The second kappa shape index (κ2) is 7.33. The highest BCUT2D eigenvalue weighted by atomic mass is 16.5. The van der Waals surface area contributed by atoms with E-state index in [4.69, 9.17) is 10.5 Å². The molecule has 1 atom stereocenters. The molecule has 0 amide bonds. The maximum absolute atomic E-state index is 6.09. The molecule has 0 bridgehead atoms. The van der Waals surface area contributed by atoms with E-state index in [1.54, 1.807) is 0 Å². The van der Waals surface area contributed by atoms with Gasteiger partial charge < -0.3 is 10.5 Å². The van der Waals surface area contributed by atoms with Crippen molar-refractivity contribution in [3.63, 3.8) is 0 Å². The Hall–Kier alpha value is -1.02. The predicted octanol–water partition coefficient (Wildman–Crippen LogP) is 3.91. The molecule has 0 aliphatic rings. The van der Waals surface area contributed by atoms with E-state index < -0.39 is 0 Å². The molecular weight excluding hydrogens is 210 g/mol. The van der Waals surface area contributed by atoms with Crippen LogP contribution in [0.25, 0.3) is 0 Å². The molecule has 1 aromatic carbocycles. The summed E-state index contributed by atoms with van der Waals surface area (Å²) in [5.41, 5.74) is 7.21. The molecule has 1 rings (SSSR count). The van der Waals surface area contributed by atoms with Crippen LogP contribution in [0.3, 0.4) is 0 Å². The van der Waals surface area contributed by atoms with Gasteiger partial charge in [0.25, 0.3) is 0 Å².